The van der Waals surface area contributed by atoms with Gasteiger partial charge in [0.05, 0.1) is 24.1 Å². The van der Waals surface area contributed by atoms with Gasteiger partial charge in [-0.1, -0.05) is 37.3 Å². The van der Waals surface area contributed by atoms with Gasteiger partial charge in [-0.2, -0.15) is 0 Å². The van der Waals surface area contributed by atoms with Gasteiger partial charge in [0.1, 0.15) is 5.60 Å². The fourth-order valence-electron chi connectivity index (χ4n) is 6.60. The van der Waals surface area contributed by atoms with Gasteiger partial charge < -0.3 is 14.7 Å². The third kappa shape index (κ3) is 2.78. The van der Waals surface area contributed by atoms with Gasteiger partial charge in [-0.05, 0) is 56.7 Å². The molecule has 0 spiro atoms. The van der Waals surface area contributed by atoms with Crippen molar-refractivity contribution in [2.45, 2.75) is 57.2 Å². The minimum Gasteiger partial charge on any atom is -0.390 e. The Kier molecular flexibility index (Phi) is 4.13. The molecule has 3 aromatic rings. The molecule has 2 aromatic heterocycles. The second-order valence-corrected chi connectivity index (χ2v) is 11.0. The molecule has 1 saturated carbocycles. The number of hydrogen-bond acceptors (Lipinski definition) is 5. The van der Waals surface area contributed by atoms with Gasteiger partial charge in [0.25, 0.3) is 0 Å². The smallest absolute Gasteiger partial charge is 0.183 e. The molecular formula is C26H32N4O2. The van der Waals surface area contributed by atoms with Crippen LogP contribution in [0.5, 0.6) is 0 Å². The normalized spacial score (nSPS) is 32.0. The molecule has 2 bridgehead atoms. The van der Waals surface area contributed by atoms with Crippen LogP contribution >= 0.6 is 0 Å². The maximum absolute atomic E-state index is 10.8. The summed E-state index contributed by atoms with van der Waals surface area (Å²) in [6.45, 7) is 10.9. The maximum atomic E-state index is 10.8. The summed E-state index contributed by atoms with van der Waals surface area (Å²) in [5, 5.41) is 15.7. The summed E-state index contributed by atoms with van der Waals surface area (Å²) in [5.74, 6) is 1.14. The molecule has 168 valence electrons. The second-order valence-electron chi connectivity index (χ2n) is 11.0. The van der Waals surface area contributed by atoms with Crippen molar-refractivity contribution < 1.29 is 9.84 Å². The fraction of sp³-hybridized carbons (Fsp3) is 0.538. The summed E-state index contributed by atoms with van der Waals surface area (Å²) >= 11 is 0. The van der Waals surface area contributed by atoms with Gasteiger partial charge in [0.2, 0.25) is 0 Å². The number of aliphatic hydroxyl groups is 1. The topological polar surface area (TPSA) is 62.9 Å². The highest BCUT2D eigenvalue weighted by Gasteiger charge is 2.68. The summed E-state index contributed by atoms with van der Waals surface area (Å²) in [7, 11) is 0. The summed E-state index contributed by atoms with van der Waals surface area (Å²) in [4.78, 5) is 7.37. The van der Waals surface area contributed by atoms with Crippen LogP contribution in [0.4, 0.5) is 5.69 Å². The summed E-state index contributed by atoms with van der Waals surface area (Å²) in [6, 6.07) is 13.1. The third-order valence-electron chi connectivity index (χ3n) is 8.15. The van der Waals surface area contributed by atoms with Crippen LogP contribution in [0.15, 0.2) is 42.6 Å². The van der Waals surface area contributed by atoms with Crippen LogP contribution < -0.4 is 4.90 Å². The summed E-state index contributed by atoms with van der Waals surface area (Å²) in [5.41, 5.74) is 3.35. The Labute approximate surface area is 189 Å². The number of anilines is 1. The number of benzene rings is 1. The Morgan fingerprint density at radius 2 is 2.00 bits per heavy atom. The molecule has 0 amide bonds. The van der Waals surface area contributed by atoms with Crippen molar-refractivity contribution in [1.82, 2.24) is 14.6 Å². The highest BCUT2D eigenvalue weighted by Crippen LogP contribution is 2.62. The highest BCUT2D eigenvalue weighted by molar-refractivity contribution is 5.58. The van der Waals surface area contributed by atoms with Crippen LogP contribution in [0, 0.1) is 18.8 Å². The van der Waals surface area contributed by atoms with E-state index in [1.807, 2.05) is 18.4 Å². The van der Waals surface area contributed by atoms with Gasteiger partial charge in [-0.15, -0.1) is 5.10 Å². The number of aromatic nitrogens is 3. The second kappa shape index (κ2) is 6.55. The van der Waals surface area contributed by atoms with Crippen LogP contribution in [0.25, 0.3) is 5.65 Å². The van der Waals surface area contributed by atoms with E-state index in [4.69, 9.17) is 14.8 Å². The number of nitrogens with zero attached hydrogens (tertiary/aromatic N) is 4. The SMILES string of the molecule is Cc1cc(N2CC[C@](C)(c3ccccc3)C2)cn2nc(C34CC(CO3)C4C(C)(C)O)nc12. The lowest BCUT2D eigenvalue weighted by molar-refractivity contribution is -0.149. The highest BCUT2D eigenvalue weighted by atomic mass is 16.5. The zero-order valence-corrected chi connectivity index (χ0v) is 19.4. The predicted octanol–water partition coefficient (Wildman–Crippen LogP) is 3.84. The molecule has 3 saturated heterocycles. The average molecular weight is 433 g/mol. The average Bonchev–Trinajstić information content (AvgIpc) is 3.49. The first-order chi connectivity index (χ1) is 15.2. The van der Waals surface area contributed by atoms with Gasteiger partial charge in [-0.25, -0.2) is 9.50 Å². The molecule has 6 nitrogen and oxygen atoms in total. The van der Waals surface area contributed by atoms with E-state index in [1.165, 1.54) is 11.3 Å². The number of fused-ring (bicyclic) bond motifs is 2. The molecule has 4 atom stereocenters. The number of ether oxygens (including phenoxy) is 1. The first-order valence-electron chi connectivity index (χ1n) is 11.7. The first kappa shape index (κ1) is 20.2. The minimum absolute atomic E-state index is 0.0392. The molecule has 6 heteroatoms. The van der Waals surface area contributed by atoms with E-state index < -0.39 is 11.2 Å². The molecule has 32 heavy (non-hydrogen) atoms. The first-order valence-corrected chi connectivity index (χ1v) is 11.7. The van der Waals surface area contributed by atoms with Crippen molar-refractivity contribution in [3.05, 3.63) is 59.5 Å². The Bertz CT molecular complexity index is 1180. The number of pyridine rings is 1. The third-order valence-corrected chi connectivity index (χ3v) is 8.15. The van der Waals surface area contributed by atoms with Crippen molar-refractivity contribution in [2.24, 2.45) is 11.8 Å². The number of hydrogen-bond donors (Lipinski definition) is 1. The van der Waals surface area contributed by atoms with Crippen LogP contribution in [0.2, 0.25) is 0 Å². The Hall–Kier alpha value is -2.44. The van der Waals surface area contributed by atoms with Crippen LogP contribution in [-0.4, -0.2) is 45.0 Å². The van der Waals surface area contributed by atoms with Gasteiger partial charge in [0, 0.05) is 24.4 Å². The monoisotopic (exact) mass is 432 g/mol. The van der Waals surface area contributed by atoms with E-state index in [0.717, 1.165) is 37.1 Å². The fourth-order valence-corrected chi connectivity index (χ4v) is 6.60. The molecule has 7 rings (SSSR count). The Balaban J connectivity index is 1.33. The molecule has 5 heterocycles. The van der Waals surface area contributed by atoms with Crippen molar-refractivity contribution >= 4 is 11.3 Å². The molecule has 4 fully saturated rings. The van der Waals surface area contributed by atoms with Gasteiger partial charge in [-0.3, -0.25) is 0 Å². The molecule has 1 N–H and O–H groups in total. The van der Waals surface area contributed by atoms with Crippen molar-refractivity contribution in [2.75, 3.05) is 24.6 Å². The molecule has 3 aliphatic heterocycles. The molecule has 1 aliphatic carbocycles. The van der Waals surface area contributed by atoms with Crippen LogP contribution in [-0.2, 0) is 15.8 Å². The van der Waals surface area contributed by atoms with E-state index in [9.17, 15) is 5.11 Å². The van der Waals surface area contributed by atoms with E-state index in [-0.39, 0.29) is 11.3 Å². The number of aryl methyl sites for hydroxylation is 1. The van der Waals surface area contributed by atoms with Crippen molar-refractivity contribution in [3.8, 4) is 0 Å². The summed E-state index contributed by atoms with van der Waals surface area (Å²) < 4.78 is 8.13. The Morgan fingerprint density at radius 3 is 2.72 bits per heavy atom. The molecular weight excluding hydrogens is 400 g/mol. The van der Waals surface area contributed by atoms with Crippen LogP contribution in [0.1, 0.15) is 50.6 Å². The number of rotatable bonds is 4. The van der Waals surface area contributed by atoms with Crippen molar-refractivity contribution in [3.63, 3.8) is 0 Å². The minimum atomic E-state index is -0.811. The lowest BCUT2D eigenvalue weighted by atomic mass is 9.58. The predicted molar refractivity (Wildman–Crippen MR) is 124 cm³/mol. The van der Waals surface area contributed by atoms with E-state index in [0.29, 0.717) is 18.3 Å². The molecule has 4 aliphatic rings. The zero-order chi connectivity index (χ0) is 22.3. The quantitative estimate of drug-likeness (QED) is 0.679. The lowest BCUT2D eigenvalue weighted by Gasteiger charge is -2.48. The van der Waals surface area contributed by atoms with E-state index in [2.05, 4.69) is 61.3 Å². The van der Waals surface area contributed by atoms with Crippen molar-refractivity contribution in [1.29, 1.82) is 0 Å². The van der Waals surface area contributed by atoms with Gasteiger partial charge in [0.15, 0.2) is 11.5 Å². The molecule has 0 radical (unpaired) electrons. The molecule has 3 unspecified atom stereocenters. The standard InChI is InChI=1S/C26H32N4O2/c1-17-12-20(29-11-10-25(4,16-29)19-8-6-5-7-9-19)14-30-22(17)27-23(28-30)26-13-18(15-32-26)21(26)24(2,3)31/h5-9,12,14,18,21,31H,10-11,13,15-16H2,1-4H3/t18?,21?,25-,26?/m0/s1. The molecule has 1 aromatic carbocycles. The summed E-state index contributed by atoms with van der Waals surface area (Å²) in [6.07, 6.45) is 4.13. The van der Waals surface area contributed by atoms with Crippen LogP contribution in [0.3, 0.4) is 0 Å². The Morgan fingerprint density at radius 1 is 1.22 bits per heavy atom. The van der Waals surface area contributed by atoms with E-state index in [1.54, 1.807) is 0 Å². The largest absolute Gasteiger partial charge is 0.390 e. The maximum Gasteiger partial charge on any atom is 0.183 e. The van der Waals surface area contributed by atoms with E-state index >= 15 is 0 Å². The zero-order valence-electron chi connectivity index (χ0n) is 19.4. The lowest BCUT2D eigenvalue weighted by Crippen LogP contribution is -2.55. The van der Waals surface area contributed by atoms with Gasteiger partial charge >= 0.3 is 0 Å².